The van der Waals surface area contributed by atoms with E-state index in [1.165, 1.54) is 6.42 Å². The Bertz CT molecular complexity index is 346. The number of hydrogen-bond acceptors (Lipinski definition) is 4. The summed E-state index contributed by atoms with van der Waals surface area (Å²) in [6.45, 7) is 8.85. The van der Waals surface area contributed by atoms with Crippen LogP contribution in [0.3, 0.4) is 0 Å². The van der Waals surface area contributed by atoms with E-state index in [4.69, 9.17) is 0 Å². The lowest BCUT2D eigenvalue weighted by molar-refractivity contribution is 0.192. The third-order valence-corrected chi connectivity index (χ3v) is 3.98. The van der Waals surface area contributed by atoms with Crippen molar-refractivity contribution in [3.63, 3.8) is 0 Å². The van der Waals surface area contributed by atoms with E-state index in [2.05, 4.69) is 56.2 Å². The van der Waals surface area contributed by atoms with Gasteiger partial charge in [-0.15, -0.1) is 0 Å². The van der Waals surface area contributed by atoms with Crippen LogP contribution >= 0.6 is 22.6 Å². The van der Waals surface area contributed by atoms with E-state index in [9.17, 15) is 0 Å². The van der Waals surface area contributed by atoms with Crippen LogP contribution in [0.4, 0.5) is 5.95 Å². The molecule has 1 aromatic rings. The molecular weight excluding hydrogens is 327 g/mol. The molecule has 0 aromatic carbocycles. The van der Waals surface area contributed by atoms with Gasteiger partial charge in [0.1, 0.15) is 0 Å². The van der Waals surface area contributed by atoms with Crippen molar-refractivity contribution in [2.45, 2.75) is 26.3 Å². The van der Waals surface area contributed by atoms with Crippen molar-refractivity contribution in [1.29, 1.82) is 0 Å². The maximum Gasteiger partial charge on any atom is 0.225 e. The minimum Gasteiger partial charge on any atom is -0.338 e. The fraction of sp³-hybridized carbons (Fsp3) is 0.667. The highest BCUT2D eigenvalue weighted by molar-refractivity contribution is 14.1. The number of halogens is 1. The summed E-state index contributed by atoms with van der Waals surface area (Å²) >= 11 is 2.23. The first-order valence-corrected chi connectivity index (χ1v) is 7.25. The summed E-state index contributed by atoms with van der Waals surface area (Å²) in [5, 5.41) is 0. The highest BCUT2D eigenvalue weighted by atomic mass is 127. The molecule has 17 heavy (non-hydrogen) atoms. The quantitative estimate of drug-likeness (QED) is 0.784. The molecule has 0 aliphatic carbocycles. The van der Waals surface area contributed by atoms with Gasteiger partial charge in [0.2, 0.25) is 5.95 Å². The molecule has 2 heterocycles. The SMILES string of the molecule is CCC(C)N1CCN(c2ncc(I)cn2)CC1. The minimum absolute atomic E-state index is 0.690. The number of hydrogen-bond donors (Lipinski definition) is 0. The largest absolute Gasteiger partial charge is 0.338 e. The molecule has 1 aliphatic rings. The van der Waals surface area contributed by atoms with E-state index >= 15 is 0 Å². The van der Waals surface area contributed by atoms with E-state index in [0.29, 0.717) is 6.04 Å². The van der Waals surface area contributed by atoms with Crippen molar-refractivity contribution in [3.05, 3.63) is 16.0 Å². The summed E-state index contributed by atoms with van der Waals surface area (Å²) in [6.07, 6.45) is 4.98. The molecule has 94 valence electrons. The molecule has 1 aliphatic heterocycles. The second kappa shape index (κ2) is 5.95. The maximum absolute atomic E-state index is 4.38. The zero-order chi connectivity index (χ0) is 12.3. The first-order valence-electron chi connectivity index (χ1n) is 6.17. The van der Waals surface area contributed by atoms with Crippen LogP contribution in [-0.2, 0) is 0 Å². The molecule has 1 atom stereocenters. The monoisotopic (exact) mass is 346 g/mol. The van der Waals surface area contributed by atoms with Crippen LogP contribution in [0.1, 0.15) is 20.3 Å². The van der Waals surface area contributed by atoms with Gasteiger partial charge in [0.15, 0.2) is 0 Å². The van der Waals surface area contributed by atoms with Gasteiger partial charge in [0.05, 0.1) is 0 Å². The molecule has 1 fully saturated rings. The molecule has 1 saturated heterocycles. The van der Waals surface area contributed by atoms with Gasteiger partial charge >= 0.3 is 0 Å². The second-order valence-corrected chi connectivity index (χ2v) is 5.73. The lowest BCUT2D eigenvalue weighted by Crippen LogP contribution is -2.49. The fourth-order valence-corrected chi connectivity index (χ4v) is 2.37. The van der Waals surface area contributed by atoms with Gasteiger partial charge < -0.3 is 4.90 Å². The predicted octanol–water partition coefficient (Wildman–Crippen LogP) is 2.00. The second-order valence-electron chi connectivity index (χ2n) is 4.48. The van der Waals surface area contributed by atoms with Crippen LogP contribution < -0.4 is 4.90 Å². The molecule has 0 amide bonds. The molecule has 0 saturated carbocycles. The number of piperazine rings is 1. The topological polar surface area (TPSA) is 32.3 Å². The summed E-state index contributed by atoms with van der Waals surface area (Å²) in [5.74, 6) is 0.870. The lowest BCUT2D eigenvalue weighted by Gasteiger charge is -2.37. The number of aromatic nitrogens is 2. The van der Waals surface area contributed by atoms with Gasteiger partial charge in [-0.2, -0.15) is 0 Å². The minimum atomic E-state index is 0.690. The van der Waals surface area contributed by atoms with Crippen LogP contribution in [0.25, 0.3) is 0 Å². The van der Waals surface area contributed by atoms with Crippen LogP contribution in [0.2, 0.25) is 0 Å². The van der Waals surface area contributed by atoms with Crippen molar-refractivity contribution >= 4 is 28.5 Å². The molecule has 0 radical (unpaired) electrons. The van der Waals surface area contributed by atoms with Crippen molar-refractivity contribution in [2.24, 2.45) is 0 Å². The Morgan fingerprint density at radius 3 is 2.35 bits per heavy atom. The van der Waals surface area contributed by atoms with Crippen LogP contribution in [0.5, 0.6) is 0 Å². The smallest absolute Gasteiger partial charge is 0.225 e. The number of anilines is 1. The average molecular weight is 346 g/mol. The summed E-state index contributed by atoms with van der Waals surface area (Å²) < 4.78 is 1.09. The van der Waals surface area contributed by atoms with Gasteiger partial charge in [-0.05, 0) is 35.9 Å². The first-order chi connectivity index (χ1) is 8.20. The highest BCUT2D eigenvalue weighted by Gasteiger charge is 2.21. The van der Waals surface area contributed by atoms with E-state index < -0.39 is 0 Å². The molecule has 0 bridgehead atoms. The molecular formula is C12H19IN4. The van der Waals surface area contributed by atoms with Gasteiger partial charge in [0, 0.05) is 48.2 Å². The van der Waals surface area contributed by atoms with Gasteiger partial charge in [-0.1, -0.05) is 6.92 Å². The van der Waals surface area contributed by atoms with Crippen molar-refractivity contribution in [2.75, 3.05) is 31.1 Å². The Hall–Kier alpha value is -0.430. The molecule has 1 aromatic heterocycles. The molecule has 4 nitrogen and oxygen atoms in total. The first kappa shape index (κ1) is 13.0. The van der Waals surface area contributed by atoms with Crippen LogP contribution in [0, 0.1) is 3.57 Å². The van der Waals surface area contributed by atoms with E-state index in [1.54, 1.807) is 0 Å². The molecule has 1 unspecified atom stereocenters. The Morgan fingerprint density at radius 2 is 1.82 bits per heavy atom. The van der Waals surface area contributed by atoms with Gasteiger partial charge in [-0.25, -0.2) is 9.97 Å². The zero-order valence-corrected chi connectivity index (χ0v) is 12.6. The summed E-state index contributed by atoms with van der Waals surface area (Å²) in [4.78, 5) is 13.6. The van der Waals surface area contributed by atoms with Crippen LogP contribution in [-0.4, -0.2) is 47.1 Å². The lowest BCUT2D eigenvalue weighted by atomic mass is 10.2. The molecule has 0 N–H and O–H groups in total. The Balaban J connectivity index is 1.93. The van der Waals surface area contributed by atoms with E-state index in [0.717, 1.165) is 35.7 Å². The molecule has 2 rings (SSSR count). The van der Waals surface area contributed by atoms with Gasteiger partial charge in [0.25, 0.3) is 0 Å². The standard InChI is InChI=1S/C12H19IN4/c1-3-10(2)16-4-6-17(7-5-16)12-14-8-11(13)9-15-12/h8-10H,3-7H2,1-2H3. The van der Waals surface area contributed by atoms with Crippen LogP contribution in [0.15, 0.2) is 12.4 Å². The molecule has 5 heteroatoms. The van der Waals surface area contributed by atoms with E-state index in [1.807, 2.05) is 12.4 Å². The Morgan fingerprint density at radius 1 is 1.24 bits per heavy atom. The van der Waals surface area contributed by atoms with Crippen molar-refractivity contribution < 1.29 is 0 Å². The normalized spacial score (nSPS) is 19.4. The Labute approximate surface area is 117 Å². The Kier molecular flexibility index (Phi) is 4.55. The summed E-state index contributed by atoms with van der Waals surface area (Å²) in [7, 11) is 0. The predicted molar refractivity (Wildman–Crippen MR) is 78.3 cm³/mol. The third kappa shape index (κ3) is 3.28. The zero-order valence-electron chi connectivity index (χ0n) is 10.4. The average Bonchev–Trinajstić information content (AvgIpc) is 2.39. The van der Waals surface area contributed by atoms with Gasteiger partial charge in [-0.3, -0.25) is 4.90 Å². The number of rotatable bonds is 3. The highest BCUT2D eigenvalue weighted by Crippen LogP contribution is 2.13. The molecule has 0 spiro atoms. The maximum atomic E-state index is 4.38. The van der Waals surface area contributed by atoms with Crippen molar-refractivity contribution in [3.8, 4) is 0 Å². The summed E-state index contributed by atoms with van der Waals surface area (Å²) in [5.41, 5.74) is 0. The summed E-state index contributed by atoms with van der Waals surface area (Å²) in [6, 6.07) is 0.690. The fourth-order valence-electron chi connectivity index (χ4n) is 2.09. The van der Waals surface area contributed by atoms with Crippen molar-refractivity contribution in [1.82, 2.24) is 14.9 Å². The number of nitrogens with zero attached hydrogens (tertiary/aromatic N) is 4. The third-order valence-electron chi connectivity index (χ3n) is 3.42. The van der Waals surface area contributed by atoms with E-state index in [-0.39, 0.29) is 0 Å².